The number of fused-ring (bicyclic) bond motifs is 2. The van der Waals surface area contributed by atoms with Crippen LogP contribution in [-0.2, 0) is 28.3 Å². The minimum absolute atomic E-state index is 0.124. The first kappa shape index (κ1) is 29.0. The van der Waals surface area contributed by atoms with Crippen LogP contribution < -0.4 is 0 Å². The molecule has 0 amide bonds. The smallest absolute Gasteiger partial charge is 0.345 e. The van der Waals surface area contributed by atoms with Crippen molar-refractivity contribution in [2.45, 2.75) is 71.0 Å². The third-order valence-electron chi connectivity index (χ3n) is 7.04. The number of Topliss-reactive ketones (excluding diaryl/α,β-unsaturated/α-hetero) is 1. The monoisotopic (exact) mass is 536 g/mol. The van der Waals surface area contributed by atoms with Gasteiger partial charge in [0.15, 0.2) is 0 Å². The van der Waals surface area contributed by atoms with E-state index in [1.165, 1.54) is 5.56 Å². The summed E-state index contributed by atoms with van der Waals surface area (Å²) in [5.74, 6) is -2.75. The zero-order valence-electron chi connectivity index (χ0n) is 22.5. The molecule has 204 valence electrons. The minimum atomic E-state index is -1.97. The lowest BCUT2D eigenvalue weighted by atomic mass is 10.1. The fraction of sp³-hybridized carbons (Fsp3) is 0.607. The van der Waals surface area contributed by atoms with E-state index in [-0.39, 0.29) is 30.8 Å². The van der Waals surface area contributed by atoms with Gasteiger partial charge in [-0.1, -0.05) is 35.9 Å². The van der Waals surface area contributed by atoms with E-state index in [0.717, 1.165) is 0 Å². The van der Waals surface area contributed by atoms with Crippen LogP contribution in [0.4, 0.5) is 8.78 Å². The number of rotatable bonds is 6. The fourth-order valence-electron chi connectivity index (χ4n) is 5.25. The van der Waals surface area contributed by atoms with E-state index >= 15 is 0 Å². The van der Waals surface area contributed by atoms with Gasteiger partial charge in [-0.15, -0.1) is 0 Å². The van der Waals surface area contributed by atoms with Crippen LogP contribution in [0, 0.1) is 30.6 Å². The zero-order chi connectivity index (χ0) is 27.6. The Morgan fingerprint density at radius 1 is 0.946 bits per heavy atom. The fourth-order valence-corrected chi connectivity index (χ4v) is 6.17. The number of benzene rings is 1. The molecule has 6 nitrogen and oxygen atoms in total. The second-order valence-corrected chi connectivity index (χ2v) is 15.3. The van der Waals surface area contributed by atoms with Crippen LogP contribution in [0.25, 0.3) is 0 Å². The van der Waals surface area contributed by atoms with Crippen LogP contribution in [0.5, 0.6) is 0 Å². The third kappa shape index (κ3) is 5.97. The number of halogens is 2. The Bertz CT molecular complexity index is 1040. The Labute approximate surface area is 218 Å². The lowest BCUT2D eigenvalue weighted by molar-refractivity contribution is -0.154. The van der Waals surface area contributed by atoms with Crippen molar-refractivity contribution in [3.63, 3.8) is 0 Å². The molecule has 0 aromatic heterocycles. The number of alkyl halides is 2. The van der Waals surface area contributed by atoms with Gasteiger partial charge in [0.25, 0.3) is 0 Å². The van der Waals surface area contributed by atoms with Gasteiger partial charge < -0.3 is 13.9 Å². The molecule has 4 aliphatic carbocycles. The summed E-state index contributed by atoms with van der Waals surface area (Å²) in [6, 6.07) is 10.3. The number of allylic oxidation sites excluding steroid dienone is 2. The largest absolute Gasteiger partial charge is 0.547 e. The number of ketones is 1. The molecule has 0 N–H and O–H groups in total. The number of hydrogen-bond acceptors (Lipinski definition) is 6. The van der Waals surface area contributed by atoms with Crippen LogP contribution in [0.2, 0.25) is 19.6 Å². The molecule has 0 spiro atoms. The summed E-state index contributed by atoms with van der Waals surface area (Å²) in [4.78, 5) is 33.8. The highest BCUT2D eigenvalue weighted by atomic mass is 28.4. The molecule has 9 heteroatoms. The number of hydrogen-bond donors (Lipinski definition) is 0. The van der Waals surface area contributed by atoms with Crippen LogP contribution in [0.15, 0.2) is 42.2 Å². The van der Waals surface area contributed by atoms with Gasteiger partial charge in [-0.3, -0.25) is 4.79 Å². The van der Waals surface area contributed by atoms with E-state index in [2.05, 4.69) is 23.8 Å². The number of carbonyl (C=O) groups is 3. The molecule has 6 atom stereocenters. The Morgan fingerprint density at radius 2 is 1.49 bits per heavy atom. The highest BCUT2D eigenvalue weighted by molar-refractivity contribution is 6.70. The molecule has 0 heterocycles. The molecule has 0 bridgehead atoms. The number of esters is 2. The van der Waals surface area contributed by atoms with E-state index in [1.54, 1.807) is 13.8 Å². The number of carbonyl (C=O) groups excluding carboxylic acids is 3. The van der Waals surface area contributed by atoms with Crippen LogP contribution in [-0.4, -0.2) is 50.6 Å². The molecule has 1 aromatic carbocycles. The Kier molecular flexibility index (Phi) is 8.66. The molecule has 3 fully saturated rings. The van der Waals surface area contributed by atoms with Crippen molar-refractivity contribution in [2.75, 3.05) is 13.2 Å². The maximum atomic E-state index is 14.4. The third-order valence-corrected chi connectivity index (χ3v) is 7.89. The van der Waals surface area contributed by atoms with Crippen molar-refractivity contribution < 1.29 is 37.1 Å². The maximum absolute atomic E-state index is 14.4. The van der Waals surface area contributed by atoms with Gasteiger partial charge in [0.05, 0.1) is 30.8 Å². The highest BCUT2D eigenvalue weighted by Crippen LogP contribution is 2.64. The van der Waals surface area contributed by atoms with Crippen molar-refractivity contribution in [1.29, 1.82) is 0 Å². The van der Waals surface area contributed by atoms with Gasteiger partial charge in [0, 0.05) is 18.3 Å². The number of aryl methyl sites for hydroxylation is 1. The van der Waals surface area contributed by atoms with E-state index < -0.39 is 43.4 Å². The van der Waals surface area contributed by atoms with Gasteiger partial charge in [-0.05, 0) is 59.3 Å². The molecule has 0 unspecified atom stereocenters. The minimum Gasteiger partial charge on any atom is -0.547 e. The molecule has 4 aliphatic rings. The summed E-state index contributed by atoms with van der Waals surface area (Å²) in [6.45, 7) is 11.9. The van der Waals surface area contributed by atoms with E-state index in [1.807, 2.05) is 43.9 Å². The molecule has 37 heavy (non-hydrogen) atoms. The molecular weight excluding hydrogens is 498 g/mol. The van der Waals surface area contributed by atoms with Crippen molar-refractivity contribution in [3.05, 3.63) is 47.7 Å². The van der Waals surface area contributed by atoms with Gasteiger partial charge in [-0.2, -0.15) is 0 Å². The van der Waals surface area contributed by atoms with Crippen molar-refractivity contribution in [1.82, 2.24) is 0 Å². The average molecular weight is 537 g/mol. The highest BCUT2D eigenvalue weighted by Gasteiger charge is 2.77. The van der Waals surface area contributed by atoms with Gasteiger partial charge >= 0.3 is 11.9 Å². The van der Waals surface area contributed by atoms with Gasteiger partial charge in [0.1, 0.15) is 5.78 Å². The topological polar surface area (TPSA) is 78.9 Å². The molecular formula is C28H38F2O6Si. The molecule has 1 aromatic rings. The van der Waals surface area contributed by atoms with Gasteiger partial charge in [0.2, 0.25) is 19.7 Å². The quantitative estimate of drug-likeness (QED) is 0.353. The second-order valence-electron chi connectivity index (χ2n) is 10.9. The van der Waals surface area contributed by atoms with Gasteiger partial charge in [-0.25, -0.2) is 18.4 Å². The average Bonchev–Trinajstić information content (AvgIpc) is 3.41. The van der Waals surface area contributed by atoms with E-state index in [9.17, 15) is 23.2 Å². The van der Waals surface area contributed by atoms with Crippen molar-refractivity contribution in [2.24, 2.45) is 23.7 Å². The summed E-state index contributed by atoms with van der Waals surface area (Å²) in [6.07, 6.45) is 3.42. The van der Waals surface area contributed by atoms with Crippen LogP contribution >= 0.6 is 0 Å². The number of ether oxygens (including phenoxy) is 2. The molecule has 5 rings (SSSR count). The first-order chi connectivity index (χ1) is 17.3. The first-order valence-electron chi connectivity index (χ1n) is 13.0. The lowest BCUT2D eigenvalue weighted by Gasteiger charge is -2.22. The Morgan fingerprint density at radius 3 is 1.89 bits per heavy atom. The summed E-state index contributed by atoms with van der Waals surface area (Å²) < 4.78 is 43.4. The van der Waals surface area contributed by atoms with E-state index in [4.69, 9.17) is 9.16 Å². The van der Waals surface area contributed by atoms with Crippen LogP contribution in [0.1, 0.15) is 38.7 Å². The normalized spacial score (nSPS) is 32.3. The summed E-state index contributed by atoms with van der Waals surface area (Å²) in [5.41, 5.74) is -2.46. The van der Waals surface area contributed by atoms with Crippen molar-refractivity contribution in [3.8, 4) is 0 Å². The second kappa shape index (κ2) is 11.1. The standard InChI is InChI=1S/C12H19FO3Si.C9H11FO3.C7H8/c1-5-15-11(14)12(13)8-6-7-9(10(8)12)16-17(2,3)4;1-2-13-8(12)9(10)5-3-4-6(11)7(5)9;1-7-5-3-2-4-6-7/h7-8,10H,5-6H2,1-4H3;5,7H,2-4H2,1H3;2-6H,1H3/t8-,10-,12-;5-,7-,9-;/m11./s1. The Hall–Kier alpha value is -2.55. The molecule has 3 saturated carbocycles. The summed E-state index contributed by atoms with van der Waals surface area (Å²) in [7, 11) is -1.74. The van der Waals surface area contributed by atoms with Crippen molar-refractivity contribution >= 4 is 26.0 Å². The summed E-state index contributed by atoms with van der Waals surface area (Å²) >= 11 is 0. The Balaban J connectivity index is 0.000000167. The first-order valence-corrected chi connectivity index (χ1v) is 16.4. The van der Waals surface area contributed by atoms with E-state index in [0.29, 0.717) is 25.0 Å². The zero-order valence-corrected chi connectivity index (χ0v) is 23.5. The maximum Gasteiger partial charge on any atom is 0.345 e. The molecule has 0 aliphatic heterocycles. The predicted octanol–water partition coefficient (Wildman–Crippen LogP) is 5.50. The SMILES string of the molecule is CCOC(=O)[C@@]1(F)[C@@H]2CC=C(O[Si](C)(C)C)[C@@H]21.CCOC(=O)[C@@]1(F)[C@@H]2CCC(=O)[C@@H]21.Cc1ccccc1. The van der Waals surface area contributed by atoms with Crippen LogP contribution in [0.3, 0.4) is 0 Å². The lowest BCUT2D eigenvalue weighted by Crippen LogP contribution is -2.29. The molecule has 0 radical (unpaired) electrons. The molecule has 0 saturated heterocycles. The summed E-state index contributed by atoms with van der Waals surface area (Å²) in [5, 5.41) is 0. The predicted molar refractivity (Wildman–Crippen MR) is 137 cm³/mol.